The van der Waals surface area contributed by atoms with E-state index in [2.05, 4.69) is 12.6 Å². The number of carbonyl (C=O) groups is 1. The molecule has 0 radical (unpaired) electrons. The van der Waals surface area contributed by atoms with Crippen LogP contribution in [0.4, 0.5) is 0 Å². The highest BCUT2D eigenvalue weighted by molar-refractivity contribution is 5.84. The highest BCUT2D eigenvalue weighted by Gasteiger charge is 2.04. The van der Waals surface area contributed by atoms with Gasteiger partial charge < -0.3 is 9.47 Å². The molecule has 104 valence electrons. The smallest absolute Gasteiger partial charge is 0.306 e. The van der Waals surface area contributed by atoms with E-state index < -0.39 is 0 Å². The van der Waals surface area contributed by atoms with Crippen molar-refractivity contribution in [3.05, 3.63) is 54.6 Å². The number of hydrogen-bond donors (Lipinski definition) is 0. The zero-order chi connectivity index (χ0) is 14.4. The number of ether oxygens (including phenoxy) is 2. The molecule has 0 N–H and O–H groups in total. The summed E-state index contributed by atoms with van der Waals surface area (Å²) < 4.78 is 10.2. The quantitative estimate of drug-likeness (QED) is 0.595. The van der Waals surface area contributed by atoms with Crippen molar-refractivity contribution < 1.29 is 14.3 Å². The Morgan fingerprint density at radius 3 is 2.70 bits per heavy atom. The highest BCUT2D eigenvalue weighted by Crippen LogP contribution is 2.22. The number of esters is 1. The third kappa shape index (κ3) is 3.60. The van der Waals surface area contributed by atoms with Crippen LogP contribution in [-0.4, -0.2) is 19.7 Å². The summed E-state index contributed by atoms with van der Waals surface area (Å²) in [5.41, 5.74) is 1.12. The summed E-state index contributed by atoms with van der Waals surface area (Å²) in [4.78, 5) is 11.4. The number of hydrogen-bond acceptors (Lipinski definition) is 3. The summed E-state index contributed by atoms with van der Waals surface area (Å²) >= 11 is 0. The van der Waals surface area contributed by atoms with E-state index >= 15 is 0 Å². The van der Waals surface area contributed by atoms with Crippen LogP contribution in [0.5, 0.6) is 5.75 Å². The van der Waals surface area contributed by atoms with Crippen molar-refractivity contribution in [3.8, 4) is 5.75 Å². The van der Waals surface area contributed by atoms with E-state index in [0.717, 1.165) is 22.1 Å². The number of rotatable bonds is 6. The molecule has 3 nitrogen and oxygen atoms in total. The molecule has 0 aromatic heterocycles. The summed E-state index contributed by atoms with van der Waals surface area (Å²) in [6.07, 6.45) is 2.63. The van der Waals surface area contributed by atoms with Crippen molar-refractivity contribution in [2.24, 2.45) is 0 Å². The maximum Gasteiger partial charge on any atom is 0.306 e. The molecular weight excluding hydrogens is 252 g/mol. The molecule has 0 unspecified atom stereocenters. The maximum atomic E-state index is 11.4. The Kier molecular flexibility index (Phi) is 4.77. The molecule has 0 amide bonds. The molecule has 3 heteroatoms. The van der Waals surface area contributed by atoms with Crippen LogP contribution < -0.4 is 4.74 Å². The van der Waals surface area contributed by atoms with E-state index in [4.69, 9.17) is 9.47 Å². The predicted molar refractivity (Wildman–Crippen MR) is 80.0 cm³/mol. The van der Waals surface area contributed by atoms with Gasteiger partial charge in [-0.1, -0.05) is 36.9 Å². The van der Waals surface area contributed by atoms with Gasteiger partial charge in [0, 0.05) is 6.42 Å². The standard InChI is InChI=1S/C17H18O3/c1-3-10-20-17(18)9-5-13-4-6-15-12-16(19-2)8-7-14(15)11-13/h3-4,6-8,11-12H,1,5,9-10H2,2H3. The number of fused-ring (bicyclic) bond motifs is 1. The SMILES string of the molecule is C=CCOC(=O)CCc1ccc2cc(OC)ccc2c1. The molecule has 0 saturated carbocycles. The van der Waals surface area contributed by atoms with Crippen molar-refractivity contribution in [3.63, 3.8) is 0 Å². The normalized spacial score (nSPS) is 10.2. The first-order valence-corrected chi connectivity index (χ1v) is 6.56. The van der Waals surface area contributed by atoms with Crippen LogP contribution in [0.15, 0.2) is 49.1 Å². The van der Waals surface area contributed by atoms with E-state index in [9.17, 15) is 4.79 Å². The monoisotopic (exact) mass is 270 g/mol. The van der Waals surface area contributed by atoms with E-state index in [1.807, 2.05) is 30.3 Å². The molecule has 0 fully saturated rings. The minimum atomic E-state index is -0.195. The van der Waals surface area contributed by atoms with Gasteiger partial charge in [0.1, 0.15) is 12.4 Å². The van der Waals surface area contributed by atoms with Crippen molar-refractivity contribution in [2.75, 3.05) is 13.7 Å². The molecule has 0 aliphatic heterocycles. The van der Waals surface area contributed by atoms with Gasteiger partial charge in [-0.05, 0) is 34.9 Å². The summed E-state index contributed by atoms with van der Waals surface area (Å²) in [7, 11) is 1.66. The third-order valence-electron chi connectivity index (χ3n) is 3.09. The molecule has 0 heterocycles. The van der Waals surface area contributed by atoms with Gasteiger partial charge in [-0.25, -0.2) is 0 Å². The average Bonchev–Trinajstić information content (AvgIpc) is 2.50. The van der Waals surface area contributed by atoms with Crippen LogP contribution in [0.2, 0.25) is 0 Å². The second-order valence-electron chi connectivity index (χ2n) is 4.52. The van der Waals surface area contributed by atoms with Crippen molar-refractivity contribution in [2.45, 2.75) is 12.8 Å². The van der Waals surface area contributed by atoms with Gasteiger partial charge in [0.2, 0.25) is 0 Å². The molecule has 2 rings (SSSR count). The number of methoxy groups -OCH3 is 1. The van der Waals surface area contributed by atoms with Crippen LogP contribution in [0, 0.1) is 0 Å². The molecule has 0 aliphatic carbocycles. The largest absolute Gasteiger partial charge is 0.497 e. The molecule has 0 aliphatic rings. The van der Waals surface area contributed by atoms with Crippen molar-refractivity contribution in [1.82, 2.24) is 0 Å². The van der Waals surface area contributed by atoms with Crippen LogP contribution in [0.3, 0.4) is 0 Å². The lowest BCUT2D eigenvalue weighted by Crippen LogP contribution is -2.05. The number of benzene rings is 2. The minimum Gasteiger partial charge on any atom is -0.497 e. The Morgan fingerprint density at radius 1 is 1.20 bits per heavy atom. The van der Waals surface area contributed by atoms with Gasteiger partial charge in [-0.15, -0.1) is 0 Å². The number of aryl methyl sites for hydroxylation is 1. The van der Waals surface area contributed by atoms with Crippen LogP contribution in [0.1, 0.15) is 12.0 Å². The molecule has 0 bridgehead atoms. The summed E-state index contributed by atoms with van der Waals surface area (Å²) in [5.74, 6) is 0.651. The van der Waals surface area contributed by atoms with Gasteiger partial charge in [-0.2, -0.15) is 0 Å². The topological polar surface area (TPSA) is 35.5 Å². The predicted octanol–water partition coefficient (Wildman–Crippen LogP) is 3.51. The fourth-order valence-corrected chi connectivity index (χ4v) is 2.03. The van der Waals surface area contributed by atoms with E-state index in [1.165, 1.54) is 0 Å². The maximum absolute atomic E-state index is 11.4. The molecule has 0 atom stereocenters. The third-order valence-corrected chi connectivity index (χ3v) is 3.09. The van der Waals surface area contributed by atoms with Crippen molar-refractivity contribution in [1.29, 1.82) is 0 Å². The first-order valence-electron chi connectivity index (χ1n) is 6.56. The Morgan fingerprint density at radius 2 is 1.95 bits per heavy atom. The lowest BCUT2D eigenvalue weighted by Gasteiger charge is -2.06. The van der Waals surface area contributed by atoms with Crippen LogP contribution in [0.25, 0.3) is 10.8 Å². The molecule has 2 aromatic rings. The summed E-state index contributed by atoms with van der Waals surface area (Å²) in [6.45, 7) is 3.79. The van der Waals surface area contributed by atoms with Gasteiger partial charge in [-0.3, -0.25) is 4.79 Å². The first kappa shape index (κ1) is 14.1. The summed E-state index contributed by atoms with van der Waals surface area (Å²) in [5, 5.41) is 2.27. The Labute approximate surface area is 118 Å². The molecule has 0 saturated heterocycles. The second kappa shape index (κ2) is 6.75. The fraction of sp³-hybridized carbons (Fsp3) is 0.235. The van der Waals surface area contributed by atoms with E-state index in [1.54, 1.807) is 13.2 Å². The molecule has 2 aromatic carbocycles. The molecule has 0 spiro atoms. The Balaban J connectivity index is 2.04. The first-order chi connectivity index (χ1) is 9.72. The molecule has 20 heavy (non-hydrogen) atoms. The Bertz CT molecular complexity index is 617. The minimum absolute atomic E-state index is 0.195. The Hall–Kier alpha value is -2.29. The van der Waals surface area contributed by atoms with E-state index in [-0.39, 0.29) is 12.6 Å². The van der Waals surface area contributed by atoms with Gasteiger partial charge in [0.25, 0.3) is 0 Å². The zero-order valence-corrected chi connectivity index (χ0v) is 11.6. The molecular formula is C17H18O3. The van der Waals surface area contributed by atoms with Gasteiger partial charge in [0.05, 0.1) is 7.11 Å². The van der Waals surface area contributed by atoms with Gasteiger partial charge >= 0.3 is 5.97 Å². The lowest BCUT2D eigenvalue weighted by molar-refractivity contribution is -0.142. The fourth-order valence-electron chi connectivity index (χ4n) is 2.03. The van der Waals surface area contributed by atoms with E-state index in [0.29, 0.717) is 12.8 Å². The van der Waals surface area contributed by atoms with Crippen LogP contribution in [-0.2, 0) is 16.0 Å². The van der Waals surface area contributed by atoms with Crippen molar-refractivity contribution >= 4 is 16.7 Å². The average molecular weight is 270 g/mol. The van der Waals surface area contributed by atoms with Crippen LogP contribution >= 0.6 is 0 Å². The zero-order valence-electron chi connectivity index (χ0n) is 11.6. The van der Waals surface area contributed by atoms with Gasteiger partial charge in [0.15, 0.2) is 0 Å². The highest BCUT2D eigenvalue weighted by atomic mass is 16.5. The number of carbonyl (C=O) groups excluding carboxylic acids is 1. The lowest BCUT2D eigenvalue weighted by atomic mass is 10.0. The summed E-state index contributed by atoms with van der Waals surface area (Å²) in [6, 6.07) is 12.1. The second-order valence-corrected chi connectivity index (χ2v) is 4.52.